The molecule has 7 heteroatoms. The minimum atomic E-state index is -1.03. The number of carbonyl (C=O) groups excluding carboxylic acids is 1. The summed E-state index contributed by atoms with van der Waals surface area (Å²) in [6, 6.07) is 3.14. The number of hydrogen-bond donors (Lipinski definition) is 1. The SMILES string of the molecule is CSc1cc(C(=O)N(CC(=O)O)C2CC2)c(Cl)cc1Cl. The van der Waals surface area contributed by atoms with Gasteiger partial charge in [0.15, 0.2) is 0 Å². The number of rotatable bonds is 5. The molecular weight excluding hydrogens is 321 g/mol. The van der Waals surface area contributed by atoms with E-state index < -0.39 is 5.97 Å². The van der Waals surface area contributed by atoms with Crippen molar-refractivity contribution in [3.8, 4) is 0 Å². The third-order valence-electron chi connectivity index (χ3n) is 3.03. The van der Waals surface area contributed by atoms with Crippen LogP contribution in [0.1, 0.15) is 23.2 Å². The molecule has 20 heavy (non-hydrogen) atoms. The fourth-order valence-corrected chi connectivity index (χ4v) is 3.09. The molecule has 1 fully saturated rings. The number of carboxylic acids is 1. The summed E-state index contributed by atoms with van der Waals surface area (Å²) in [6.07, 6.45) is 3.51. The van der Waals surface area contributed by atoms with Gasteiger partial charge in [0.05, 0.1) is 15.6 Å². The Labute approximate surface area is 131 Å². The quantitative estimate of drug-likeness (QED) is 0.839. The van der Waals surface area contributed by atoms with Gasteiger partial charge in [-0.25, -0.2) is 0 Å². The summed E-state index contributed by atoms with van der Waals surface area (Å²) in [4.78, 5) is 25.5. The summed E-state index contributed by atoms with van der Waals surface area (Å²) in [5.74, 6) is -1.38. The lowest BCUT2D eigenvalue weighted by Gasteiger charge is -2.21. The van der Waals surface area contributed by atoms with Gasteiger partial charge in [-0.2, -0.15) is 0 Å². The first-order valence-corrected chi connectivity index (χ1v) is 7.98. The molecule has 1 aromatic rings. The fourth-order valence-electron chi connectivity index (χ4n) is 1.90. The van der Waals surface area contributed by atoms with E-state index in [-0.39, 0.29) is 23.5 Å². The first-order valence-electron chi connectivity index (χ1n) is 5.99. The molecule has 0 bridgehead atoms. The van der Waals surface area contributed by atoms with Crippen LogP contribution in [-0.2, 0) is 4.79 Å². The van der Waals surface area contributed by atoms with Gasteiger partial charge < -0.3 is 10.0 Å². The predicted molar refractivity (Wildman–Crippen MR) is 79.9 cm³/mol. The van der Waals surface area contributed by atoms with Gasteiger partial charge in [-0.1, -0.05) is 23.2 Å². The van der Waals surface area contributed by atoms with E-state index in [0.717, 1.165) is 17.7 Å². The minimum Gasteiger partial charge on any atom is -0.480 e. The van der Waals surface area contributed by atoms with Gasteiger partial charge in [0.25, 0.3) is 5.91 Å². The van der Waals surface area contributed by atoms with Crippen molar-refractivity contribution >= 4 is 46.8 Å². The second-order valence-electron chi connectivity index (χ2n) is 4.52. The van der Waals surface area contributed by atoms with Crippen LogP contribution >= 0.6 is 35.0 Å². The predicted octanol–water partition coefficient (Wildman–Crippen LogP) is 3.40. The van der Waals surface area contributed by atoms with E-state index in [4.69, 9.17) is 28.3 Å². The molecule has 1 N–H and O–H groups in total. The van der Waals surface area contributed by atoms with Gasteiger partial charge in [-0.15, -0.1) is 11.8 Å². The van der Waals surface area contributed by atoms with Crippen LogP contribution in [0.15, 0.2) is 17.0 Å². The van der Waals surface area contributed by atoms with Crippen molar-refractivity contribution < 1.29 is 14.7 Å². The Hall–Kier alpha value is -0.910. The Morgan fingerprint density at radius 3 is 2.50 bits per heavy atom. The number of carbonyl (C=O) groups is 2. The summed E-state index contributed by atoms with van der Waals surface area (Å²) in [7, 11) is 0. The average molecular weight is 334 g/mol. The Kier molecular flexibility index (Phi) is 4.83. The third kappa shape index (κ3) is 3.40. The Bertz CT molecular complexity index is 561. The van der Waals surface area contributed by atoms with Gasteiger partial charge in [-0.3, -0.25) is 9.59 Å². The van der Waals surface area contributed by atoms with Crippen LogP contribution in [0.25, 0.3) is 0 Å². The summed E-state index contributed by atoms with van der Waals surface area (Å²) >= 11 is 13.5. The lowest BCUT2D eigenvalue weighted by atomic mass is 10.2. The van der Waals surface area contributed by atoms with E-state index >= 15 is 0 Å². The van der Waals surface area contributed by atoms with Crippen molar-refractivity contribution in [1.29, 1.82) is 0 Å². The van der Waals surface area contributed by atoms with Crippen LogP contribution in [0, 0.1) is 0 Å². The largest absolute Gasteiger partial charge is 0.480 e. The van der Waals surface area contributed by atoms with E-state index in [9.17, 15) is 9.59 Å². The second-order valence-corrected chi connectivity index (χ2v) is 6.19. The van der Waals surface area contributed by atoms with Crippen molar-refractivity contribution in [2.24, 2.45) is 0 Å². The molecule has 0 aliphatic heterocycles. The number of benzene rings is 1. The number of carboxylic acid groups (broad SMARTS) is 1. The molecule has 1 aliphatic carbocycles. The Balaban J connectivity index is 2.33. The molecule has 0 aromatic heterocycles. The van der Waals surface area contributed by atoms with Gasteiger partial charge in [-0.05, 0) is 31.2 Å². The van der Waals surface area contributed by atoms with Crippen molar-refractivity contribution in [3.05, 3.63) is 27.7 Å². The lowest BCUT2D eigenvalue weighted by molar-refractivity contribution is -0.137. The molecule has 0 radical (unpaired) electrons. The summed E-state index contributed by atoms with van der Waals surface area (Å²) < 4.78 is 0. The average Bonchev–Trinajstić information content (AvgIpc) is 3.19. The van der Waals surface area contributed by atoms with Gasteiger partial charge >= 0.3 is 5.97 Å². The maximum absolute atomic E-state index is 12.5. The molecule has 0 atom stereocenters. The molecule has 1 aromatic carbocycles. The van der Waals surface area contributed by atoms with E-state index in [1.54, 1.807) is 6.07 Å². The standard InChI is InChI=1S/C13H13Cl2NO3S/c1-20-11-4-8(9(14)5-10(11)15)13(19)16(6-12(17)18)7-2-3-7/h4-5,7H,2-3,6H2,1H3,(H,17,18). The fraction of sp³-hybridized carbons (Fsp3) is 0.385. The van der Waals surface area contributed by atoms with Gasteiger partial charge in [0.1, 0.15) is 6.54 Å². The zero-order valence-corrected chi connectivity index (χ0v) is 13.1. The maximum atomic E-state index is 12.5. The summed E-state index contributed by atoms with van der Waals surface area (Å²) in [6.45, 7) is -0.308. The number of thioether (sulfide) groups is 1. The highest BCUT2D eigenvalue weighted by Gasteiger charge is 2.35. The molecule has 0 heterocycles. The number of halogens is 2. The number of aliphatic carboxylic acids is 1. The molecule has 0 spiro atoms. The molecule has 0 saturated heterocycles. The van der Waals surface area contributed by atoms with Crippen molar-refractivity contribution in [3.63, 3.8) is 0 Å². The number of amides is 1. The molecular formula is C13H13Cl2NO3S. The second kappa shape index (κ2) is 6.24. The molecule has 1 aliphatic rings. The lowest BCUT2D eigenvalue weighted by Crippen LogP contribution is -2.37. The molecule has 1 amide bonds. The molecule has 108 valence electrons. The third-order valence-corrected chi connectivity index (χ3v) is 4.54. The highest BCUT2D eigenvalue weighted by atomic mass is 35.5. The van der Waals surface area contributed by atoms with E-state index in [1.165, 1.54) is 22.7 Å². The monoisotopic (exact) mass is 333 g/mol. The first kappa shape index (κ1) is 15.5. The first-order chi connectivity index (χ1) is 9.43. The van der Waals surface area contributed by atoms with E-state index in [2.05, 4.69) is 0 Å². The maximum Gasteiger partial charge on any atom is 0.323 e. The zero-order valence-electron chi connectivity index (χ0n) is 10.7. The molecule has 0 unspecified atom stereocenters. The van der Waals surface area contributed by atoms with Crippen LogP contribution < -0.4 is 0 Å². The van der Waals surface area contributed by atoms with Crippen molar-refractivity contribution in [1.82, 2.24) is 4.90 Å². The van der Waals surface area contributed by atoms with Crippen LogP contribution in [0.4, 0.5) is 0 Å². The minimum absolute atomic E-state index is 0.00285. The van der Waals surface area contributed by atoms with Gasteiger partial charge in [0.2, 0.25) is 0 Å². The van der Waals surface area contributed by atoms with Crippen LogP contribution in [-0.4, -0.2) is 40.7 Å². The van der Waals surface area contributed by atoms with Crippen LogP contribution in [0.2, 0.25) is 10.0 Å². The van der Waals surface area contributed by atoms with Gasteiger partial charge in [0, 0.05) is 10.9 Å². The van der Waals surface area contributed by atoms with E-state index in [1.807, 2.05) is 6.26 Å². The Morgan fingerprint density at radius 2 is 2.00 bits per heavy atom. The van der Waals surface area contributed by atoms with Crippen molar-refractivity contribution in [2.45, 2.75) is 23.8 Å². The van der Waals surface area contributed by atoms with Crippen LogP contribution in [0.3, 0.4) is 0 Å². The molecule has 1 saturated carbocycles. The smallest absolute Gasteiger partial charge is 0.323 e. The zero-order chi connectivity index (χ0) is 14.9. The number of hydrogen-bond acceptors (Lipinski definition) is 3. The van der Waals surface area contributed by atoms with Crippen molar-refractivity contribution in [2.75, 3.05) is 12.8 Å². The highest BCUT2D eigenvalue weighted by molar-refractivity contribution is 7.98. The Morgan fingerprint density at radius 1 is 1.35 bits per heavy atom. The summed E-state index contributed by atoms with van der Waals surface area (Å²) in [5, 5.41) is 9.64. The van der Waals surface area contributed by atoms with Crippen LogP contribution in [0.5, 0.6) is 0 Å². The molecule has 4 nitrogen and oxygen atoms in total. The molecule has 2 rings (SSSR count). The highest BCUT2D eigenvalue weighted by Crippen LogP contribution is 2.34. The summed E-state index contributed by atoms with van der Waals surface area (Å²) in [5.41, 5.74) is 0.300. The topological polar surface area (TPSA) is 57.6 Å². The number of nitrogens with zero attached hydrogens (tertiary/aromatic N) is 1. The van der Waals surface area contributed by atoms with E-state index in [0.29, 0.717) is 10.6 Å². The normalized spacial score (nSPS) is 14.2.